The Morgan fingerprint density at radius 1 is 1.11 bits per heavy atom. The lowest BCUT2D eigenvalue weighted by Crippen LogP contribution is -2.47. The highest BCUT2D eigenvalue weighted by Crippen LogP contribution is 2.32. The highest BCUT2D eigenvalue weighted by molar-refractivity contribution is 5.24. The lowest BCUT2D eigenvalue weighted by Gasteiger charge is -2.39. The van der Waals surface area contributed by atoms with Crippen molar-refractivity contribution in [1.29, 1.82) is 0 Å². The molecule has 19 heavy (non-hydrogen) atoms. The first kappa shape index (κ1) is 13.1. The summed E-state index contributed by atoms with van der Waals surface area (Å²) in [5.74, 6) is 0. The summed E-state index contributed by atoms with van der Waals surface area (Å²) in [5, 5.41) is 3.73. The fourth-order valence-electron chi connectivity index (χ4n) is 3.76. The molecule has 104 valence electrons. The molecule has 2 aliphatic heterocycles. The number of nitrogens with zero attached hydrogens (tertiary/aromatic N) is 1. The number of benzene rings is 1. The molecular formula is C17H26N2. The summed E-state index contributed by atoms with van der Waals surface area (Å²) in [6.45, 7) is 4.50. The van der Waals surface area contributed by atoms with E-state index in [2.05, 4.69) is 55.4 Å². The SMILES string of the molecule is Cc1ccc(C(C)N(C)C2CC3CCC(C2)N3)cc1. The number of hydrogen-bond donors (Lipinski definition) is 1. The minimum absolute atomic E-state index is 0.517. The molecule has 0 saturated carbocycles. The maximum absolute atomic E-state index is 3.73. The predicted molar refractivity (Wildman–Crippen MR) is 80.3 cm³/mol. The highest BCUT2D eigenvalue weighted by atomic mass is 15.2. The number of hydrogen-bond acceptors (Lipinski definition) is 2. The van der Waals surface area contributed by atoms with Crippen molar-refractivity contribution in [2.45, 2.75) is 63.7 Å². The monoisotopic (exact) mass is 258 g/mol. The van der Waals surface area contributed by atoms with Gasteiger partial charge in [-0.1, -0.05) is 29.8 Å². The van der Waals surface area contributed by atoms with Gasteiger partial charge in [-0.05, 0) is 52.1 Å². The van der Waals surface area contributed by atoms with Crippen LogP contribution >= 0.6 is 0 Å². The summed E-state index contributed by atoms with van der Waals surface area (Å²) < 4.78 is 0. The Balaban J connectivity index is 1.69. The zero-order valence-electron chi connectivity index (χ0n) is 12.4. The predicted octanol–water partition coefficient (Wildman–Crippen LogP) is 3.27. The second-order valence-corrected chi connectivity index (χ2v) is 6.52. The van der Waals surface area contributed by atoms with Crippen molar-refractivity contribution < 1.29 is 0 Å². The lowest BCUT2D eigenvalue weighted by atomic mass is 9.95. The van der Waals surface area contributed by atoms with E-state index < -0.39 is 0 Å². The fraction of sp³-hybridized carbons (Fsp3) is 0.647. The van der Waals surface area contributed by atoms with Gasteiger partial charge in [0.2, 0.25) is 0 Å². The van der Waals surface area contributed by atoms with Crippen LogP contribution in [-0.4, -0.2) is 30.1 Å². The van der Waals surface area contributed by atoms with E-state index in [-0.39, 0.29) is 0 Å². The average Bonchev–Trinajstić information content (AvgIpc) is 2.76. The molecule has 3 atom stereocenters. The molecule has 1 N–H and O–H groups in total. The van der Waals surface area contributed by atoms with Crippen LogP contribution in [0.5, 0.6) is 0 Å². The molecule has 0 radical (unpaired) electrons. The Labute approximate surface area is 117 Å². The zero-order valence-corrected chi connectivity index (χ0v) is 12.4. The van der Waals surface area contributed by atoms with Crippen LogP contribution in [0.2, 0.25) is 0 Å². The molecule has 0 amide bonds. The minimum atomic E-state index is 0.517. The standard InChI is InChI=1S/C17H26N2/c1-12-4-6-14(7-5-12)13(2)19(3)17-10-15-8-9-16(11-17)18-15/h4-7,13,15-18H,8-11H2,1-3H3. The van der Waals surface area contributed by atoms with Gasteiger partial charge in [-0.3, -0.25) is 4.90 Å². The topological polar surface area (TPSA) is 15.3 Å². The summed E-state index contributed by atoms with van der Waals surface area (Å²) in [4.78, 5) is 2.59. The number of piperidine rings is 1. The Kier molecular flexibility index (Phi) is 3.64. The van der Waals surface area contributed by atoms with E-state index in [1.165, 1.54) is 36.8 Å². The second-order valence-electron chi connectivity index (χ2n) is 6.52. The van der Waals surface area contributed by atoms with Crippen molar-refractivity contribution in [2.75, 3.05) is 7.05 Å². The van der Waals surface area contributed by atoms with Crippen molar-refractivity contribution in [1.82, 2.24) is 10.2 Å². The van der Waals surface area contributed by atoms with Gasteiger partial charge in [0, 0.05) is 24.2 Å². The van der Waals surface area contributed by atoms with Crippen molar-refractivity contribution >= 4 is 0 Å². The van der Waals surface area contributed by atoms with Crippen LogP contribution < -0.4 is 5.32 Å². The summed E-state index contributed by atoms with van der Waals surface area (Å²) in [6.07, 6.45) is 5.41. The summed E-state index contributed by atoms with van der Waals surface area (Å²) >= 11 is 0. The molecular weight excluding hydrogens is 232 g/mol. The molecule has 3 rings (SSSR count). The summed E-state index contributed by atoms with van der Waals surface area (Å²) in [6, 6.07) is 11.8. The van der Waals surface area contributed by atoms with Gasteiger partial charge in [0.1, 0.15) is 0 Å². The van der Waals surface area contributed by atoms with E-state index >= 15 is 0 Å². The molecule has 1 aromatic carbocycles. The summed E-state index contributed by atoms with van der Waals surface area (Å²) in [5.41, 5.74) is 2.79. The van der Waals surface area contributed by atoms with Crippen molar-refractivity contribution in [3.63, 3.8) is 0 Å². The van der Waals surface area contributed by atoms with Gasteiger partial charge >= 0.3 is 0 Å². The molecule has 2 aliphatic rings. The Morgan fingerprint density at radius 3 is 2.26 bits per heavy atom. The molecule has 2 saturated heterocycles. The van der Waals surface area contributed by atoms with Crippen LogP contribution in [0.4, 0.5) is 0 Å². The second kappa shape index (κ2) is 5.26. The van der Waals surface area contributed by atoms with Gasteiger partial charge in [-0.2, -0.15) is 0 Å². The maximum atomic E-state index is 3.73. The minimum Gasteiger partial charge on any atom is -0.311 e. The molecule has 0 aromatic heterocycles. The zero-order chi connectivity index (χ0) is 13.4. The first-order chi connectivity index (χ1) is 9.13. The summed E-state index contributed by atoms with van der Waals surface area (Å²) in [7, 11) is 2.31. The van der Waals surface area contributed by atoms with Gasteiger partial charge in [0.15, 0.2) is 0 Å². The Hall–Kier alpha value is -0.860. The van der Waals surface area contributed by atoms with E-state index in [1.54, 1.807) is 0 Å². The van der Waals surface area contributed by atoms with Crippen LogP contribution in [0.3, 0.4) is 0 Å². The third-order valence-corrected chi connectivity index (χ3v) is 5.19. The molecule has 2 fully saturated rings. The molecule has 2 nitrogen and oxygen atoms in total. The normalized spacial score (nSPS) is 31.7. The first-order valence-electron chi connectivity index (χ1n) is 7.68. The van der Waals surface area contributed by atoms with Crippen molar-refractivity contribution in [3.8, 4) is 0 Å². The number of nitrogens with one attached hydrogen (secondary N) is 1. The van der Waals surface area contributed by atoms with E-state index in [0.717, 1.165) is 18.1 Å². The van der Waals surface area contributed by atoms with Gasteiger partial charge in [-0.15, -0.1) is 0 Å². The maximum Gasteiger partial charge on any atom is 0.0319 e. The number of fused-ring (bicyclic) bond motifs is 2. The largest absolute Gasteiger partial charge is 0.311 e. The third-order valence-electron chi connectivity index (χ3n) is 5.19. The lowest BCUT2D eigenvalue weighted by molar-refractivity contribution is 0.132. The van der Waals surface area contributed by atoms with Crippen LogP contribution in [0, 0.1) is 6.92 Å². The van der Waals surface area contributed by atoms with E-state index in [1.807, 2.05) is 0 Å². The van der Waals surface area contributed by atoms with Crippen molar-refractivity contribution in [3.05, 3.63) is 35.4 Å². The Morgan fingerprint density at radius 2 is 1.68 bits per heavy atom. The van der Waals surface area contributed by atoms with E-state index in [4.69, 9.17) is 0 Å². The number of rotatable bonds is 3. The smallest absolute Gasteiger partial charge is 0.0319 e. The van der Waals surface area contributed by atoms with Gasteiger partial charge in [-0.25, -0.2) is 0 Å². The molecule has 3 unspecified atom stereocenters. The van der Waals surface area contributed by atoms with Gasteiger partial charge in [0.25, 0.3) is 0 Å². The molecule has 2 bridgehead atoms. The molecule has 1 aromatic rings. The number of aryl methyl sites for hydroxylation is 1. The molecule has 2 heteroatoms. The highest BCUT2D eigenvalue weighted by Gasteiger charge is 2.36. The van der Waals surface area contributed by atoms with Crippen molar-refractivity contribution in [2.24, 2.45) is 0 Å². The molecule has 0 spiro atoms. The quantitative estimate of drug-likeness (QED) is 0.895. The van der Waals surface area contributed by atoms with Crippen LogP contribution in [0.25, 0.3) is 0 Å². The third kappa shape index (κ3) is 2.70. The van der Waals surface area contributed by atoms with Crippen LogP contribution in [-0.2, 0) is 0 Å². The average molecular weight is 258 g/mol. The van der Waals surface area contributed by atoms with Crippen LogP contribution in [0.15, 0.2) is 24.3 Å². The molecule has 2 heterocycles. The van der Waals surface area contributed by atoms with Crippen LogP contribution in [0.1, 0.15) is 49.8 Å². The van der Waals surface area contributed by atoms with Gasteiger partial charge < -0.3 is 5.32 Å². The van der Waals surface area contributed by atoms with Gasteiger partial charge in [0.05, 0.1) is 0 Å². The molecule has 0 aliphatic carbocycles. The fourth-order valence-corrected chi connectivity index (χ4v) is 3.76. The Bertz CT molecular complexity index is 413. The van der Waals surface area contributed by atoms with E-state index in [0.29, 0.717) is 6.04 Å². The van der Waals surface area contributed by atoms with E-state index in [9.17, 15) is 0 Å². The first-order valence-corrected chi connectivity index (χ1v) is 7.68.